The Morgan fingerprint density at radius 1 is 1.32 bits per heavy atom. The quantitative estimate of drug-likeness (QED) is 0.532. The third kappa shape index (κ3) is 6.80. The first-order valence-corrected chi connectivity index (χ1v) is 10.0. The SMILES string of the molecule is CCC(/C=C\C[C@@H]1C(/C=C/[C@@H](O)COc2cccc(C)c2)CC[C@@H]1O)C(=O)O. The maximum Gasteiger partial charge on any atom is 0.310 e. The lowest BCUT2D eigenvalue weighted by Gasteiger charge is -2.18. The fourth-order valence-electron chi connectivity index (χ4n) is 3.65. The second kappa shape index (κ2) is 11.0. The number of aryl methyl sites for hydroxylation is 1. The molecule has 5 nitrogen and oxygen atoms in total. The summed E-state index contributed by atoms with van der Waals surface area (Å²) in [6.07, 6.45) is 8.95. The van der Waals surface area contributed by atoms with Gasteiger partial charge >= 0.3 is 5.97 Å². The van der Waals surface area contributed by atoms with Gasteiger partial charge in [0.1, 0.15) is 18.5 Å². The minimum Gasteiger partial charge on any atom is -0.491 e. The second-order valence-electron chi connectivity index (χ2n) is 7.57. The van der Waals surface area contributed by atoms with Crippen molar-refractivity contribution < 1.29 is 24.9 Å². The van der Waals surface area contributed by atoms with E-state index in [1.54, 1.807) is 12.2 Å². The number of aliphatic hydroxyl groups excluding tert-OH is 2. The Morgan fingerprint density at radius 3 is 2.79 bits per heavy atom. The fraction of sp³-hybridized carbons (Fsp3) is 0.522. The Morgan fingerprint density at radius 2 is 2.11 bits per heavy atom. The Bertz CT molecular complexity index is 681. The monoisotopic (exact) mass is 388 g/mol. The van der Waals surface area contributed by atoms with Gasteiger partial charge < -0.3 is 20.1 Å². The molecule has 0 spiro atoms. The number of carboxylic acid groups (broad SMARTS) is 1. The van der Waals surface area contributed by atoms with Gasteiger partial charge in [-0.3, -0.25) is 4.79 Å². The highest BCUT2D eigenvalue weighted by atomic mass is 16.5. The molecule has 5 atom stereocenters. The first-order valence-electron chi connectivity index (χ1n) is 10.0. The van der Waals surface area contributed by atoms with Gasteiger partial charge in [0, 0.05) is 0 Å². The molecule has 0 amide bonds. The molecule has 1 saturated carbocycles. The molecule has 5 heteroatoms. The number of hydrogen-bond acceptors (Lipinski definition) is 4. The predicted molar refractivity (Wildman–Crippen MR) is 109 cm³/mol. The molecule has 0 radical (unpaired) electrons. The van der Waals surface area contributed by atoms with Crippen molar-refractivity contribution >= 4 is 5.97 Å². The second-order valence-corrected chi connectivity index (χ2v) is 7.57. The van der Waals surface area contributed by atoms with Gasteiger partial charge in [-0.25, -0.2) is 0 Å². The van der Waals surface area contributed by atoms with Gasteiger partial charge in [0.2, 0.25) is 0 Å². The first-order chi connectivity index (χ1) is 13.4. The molecule has 1 aliphatic carbocycles. The zero-order valence-corrected chi connectivity index (χ0v) is 16.7. The molecule has 154 valence electrons. The summed E-state index contributed by atoms with van der Waals surface area (Å²) in [4.78, 5) is 11.1. The van der Waals surface area contributed by atoms with Crippen molar-refractivity contribution in [3.8, 4) is 5.75 Å². The van der Waals surface area contributed by atoms with Crippen LogP contribution in [0, 0.1) is 24.7 Å². The van der Waals surface area contributed by atoms with Crippen LogP contribution in [0.15, 0.2) is 48.6 Å². The van der Waals surface area contributed by atoms with Crippen LogP contribution < -0.4 is 4.74 Å². The van der Waals surface area contributed by atoms with Crippen molar-refractivity contribution in [3.63, 3.8) is 0 Å². The van der Waals surface area contributed by atoms with E-state index in [-0.39, 0.29) is 18.4 Å². The van der Waals surface area contributed by atoms with E-state index in [1.807, 2.05) is 50.3 Å². The molecule has 2 rings (SSSR count). The Labute approximate surface area is 167 Å². The van der Waals surface area contributed by atoms with E-state index < -0.39 is 24.1 Å². The highest BCUT2D eigenvalue weighted by Gasteiger charge is 2.32. The van der Waals surface area contributed by atoms with Crippen molar-refractivity contribution in [3.05, 3.63) is 54.1 Å². The normalized spacial score (nSPS) is 24.6. The van der Waals surface area contributed by atoms with Crippen LogP contribution in [-0.2, 0) is 4.79 Å². The van der Waals surface area contributed by atoms with Gasteiger partial charge in [-0.05, 0) is 62.1 Å². The number of rotatable bonds is 10. The molecule has 0 saturated heterocycles. The Balaban J connectivity index is 1.86. The van der Waals surface area contributed by atoms with E-state index in [2.05, 4.69) is 0 Å². The highest BCUT2D eigenvalue weighted by Crippen LogP contribution is 2.36. The van der Waals surface area contributed by atoms with Crippen LogP contribution in [0.25, 0.3) is 0 Å². The first kappa shape index (κ1) is 22.2. The van der Waals surface area contributed by atoms with Crippen LogP contribution in [0.3, 0.4) is 0 Å². The smallest absolute Gasteiger partial charge is 0.310 e. The van der Waals surface area contributed by atoms with E-state index in [0.29, 0.717) is 12.8 Å². The van der Waals surface area contributed by atoms with Crippen molar-refractivity contribution in [1.29, 1.82) is 0 Å². The van der Waals surface area contributed by atoms with Crippen LogP contribution in [0.4, 0.5) is 0 Å². The maximum atomic E-state index is 11.1. The maximum absolute atomic E-state index is 11.1. The molecule has 1 aromatic carbocycles. The molecule has 2 unspecified atom stereocenters. The Kier molecular flexibility index (Phi) is 8.74. The van der Waals surface area contributed by atoms with Gasteiger partial charge in [0.05, 0.1) is 12.0 Å². The summed E-state index contributed by atoms with van der Waals surface area (Å²) in [6, 6.07) is 7.69. The fourth-order valence-corrected chi connectivity index (χ4v) is 3.65. The molecule has 0 aliphatic heterocycles. The predicted octanol–water partition coefficient (Wildman–Crippen LogP) is 3.74. The summed E-state index contributed by atoms with van der Waals surface area (Å²) in [6.45, 7) is 4.01. The summed E-state index contributed by atoms with van der Waals surface area (Å²) in [5, 5.41) is 29.6. The van der Waals surface area contributed by atoms with Crippen LogP contribution in [-0.4, -0.2) is 40.1 Å². The third-order valence-corrected chi connectivity index (χ3v) is 5.36. The average Bonchev–Trinajstić information content (AvgIpc) is 3.01. The molecule has 0 heterocycles. The van der Waals surface area contributed by atoms with Crippen molar-refractivity contribution in [1.82, 2.24) is 0 Å². The van der Waals surface area contributed by atoms with Gasteiger partial charge in [-0.1, -0.05) is 43.4 Å². The number of carbonyl (C=O) groups is 1. The van der Waals surface area contributed by atoms with Gasteiger partial charge in [0.15, 0.2) is 0 Å². The number of carboxylic acids is 1. The lowest BCUT2D eigenvalue weighted by atomic mass is 9.90. The molecule has 28 heavy (non-hydrogen) atoms. The van der Waals surface area contributed by atoms with E-state index in [1.165, 1.54) is 0 Å². The van der Waals surface area contributed by atoms with Crippen LogP contribution in [0.2, 0.25) is 0 Å². The summed E-state index contributed by atoms with van der Waals surface area (Å²) in [5.74, 6) is -0.357. The van der Waals surface area contributed by atoms with Gasteiger partial charge in [-0.15, -0.1) is 0 Å². The van der Waals surface area contributed by atoms with Crippen LogP contribution in [0.5, 0.6) is 5.75 Å². The molecular weight excluding hydrogens is 356 g/mol. The van der Waals surface area contributed by atoms with E-state index in [0.717, 1.165) is 24.2 Å². The summed E-state index contributed by atoms with van der Waals surface area (Å²) >= 11 is 0. The molecule has 1 aliphatic rings. The number of allylic oxidation sites excluding steroid dienone is 2. The minimum atomic E-state index is -0.820. The third-order valence-electron chi connectivity index (χ3n) is 5.36. The van der Waals surface area contributed by atoms with E-state index >= 15 is 0 Å². The minimum absolute atomic E-state index is 0.0451. The standard InChI is InChI=1S/C23H32O5/c1-3-17(23(26)27)7-5-9-21-18(11-13-22(21)25)10-12-19(24)15-28-20-8-4-6-16(2)14-20/h4-8,10,12,14,17-19,21-22,24-25H,3,9,11,13,15H2,1-2H3,(H,26,27)/b7-5-,12-10+/t17?,18?,19-,21-,22+/m1/s1. The van der Waals surface area contributed by atoms with E-state index in [9.17, 15) is 15.0 Å². The number of aliphatic hydroxyl groups is 2. The average molecular weight is 389 g/mol. The molecule has 3 N–H and O–H groups in total. The van der Waals surface area contributed by atoms with Crippen LogP contribution >= 0.6 is 0 Å². The lowest BCUT2D eigenvalue weighted by molar-refractivity contribution is -0.140. The Hall–Kier alpha value is -2.11. The largest absolute Gasteiger partial charge is 0.491 e. The van der Waals surface area contributed by atoms with Crippen LogP contribution in [0.1, 0.15) is 38.2 Å². The zero-order valence-electron chi connectivity index (χ0n) is 16.7. The number of ether oxygens (including phenoxy) is 1. The topological polar surface area (TPSA) is 87.0 Å². The highest BCUT2D eigenvalue weighted by molar-refractivity contribution is 5.71. The summed E-state index contributed by atoms with van der Waals surface area (Å²) in [7, 11) is 0. The number of aliphatic carboxylic acids is 1. The summed E-state index contributed by atoms with van der Waals surface area (Å²) in [5.41, 5.74) is 1.10. The molecule has 0 aromatic heterocycles. The zero-order chi connectivity index (χ0) is 20.5. The van der Waals surface area contributed by atoms with Gasteiger partial charge in [0.25, 0.3) is 0 Å². The number of benzene rings is 1. The molecular formula is C23H32O5. The van der Waals surface area contributed by atoms with E-state index in [4.69, 9.17) is 9.84 Å². The number of hydrogen-bond donors (Lipinski definition) is 3. The molecule has 1 fully saturated rings. The van der Waals surface area contributed by atoms with Gasteiger partial charge in [-0.2, -0.15) is 0 Å². The molecule has 0 bridgehead atoms. The van der Waals surface area contributed by atoms with Crippen molar-refractivity contribution in [2.45, 2.75) is 51.7 Å². The van der Waals surface area contributed by atoms with Crippen molar-refractivity contribution in [2.75, 3.05) is 6.61 Å². The lowest BCUT2D eigenvalue weighted by Crippen LogP contribution is -2.19. The van der Waals surface area contributed by atoms with Crippen molar-refractivity contribution in [2.24, 2.45) is 17.8 Å². The molecule has 1 aromatic rings. The summed E-state index contributed by atoms with van der Waals surface area (Å²) < 4.78 is 5.62.